The molecule has 0 aromatic carbocycles. The first-order valence-electron chi connectivity index (χ1n) is 6.57. The normalized spacial score (nSPS) is 10.6. The number of hydrogen-bond acceptors (Lipinski definition) is 7. The summed E-state index contributed by atoms with van der Waals surface area (Å²) >= 11 is 1.31. The van der Waals surface area contributed by atoms with Crippen molar-refractivity contribution in [2.45, 2.75) is 12.1 Å². The Kier molecular flexibility index (Phi) is 5.61. The van der Waals surface area contributed by atoms with E-state index in [9.17, 15) is 9.59 Å². The van der Waals surface area contributed by atoms with Crippen molar-refractivity contribution in [1.82, 2.24) is 9.97 Å². The van der Waals surface area contributed by atoms with Crippen LogP contribution in [-0.2, 0) is 4.74 Å². The molecule has 4 N–H and O–H groups in total. The Morgan fingerprint density at radius 1 is 1.59 bits per heavy atom. The molecule has 2 aromatic heterocycles. The topological polar surface area (TPSA) is 123 Å². The first kappa shape index (κ1) is 16.1. The van der Waals surface area contributed by atoms with Gasteiger partial charge < -0.3 is 20.2 Å². The van der Waals surface area contributed by atoms with Gasteiger partial charge in [0.2, 0.25) is 0 Å². The van der Waals surface area contributed by atoms with E-state index in [1.165, 1.54) is 24.1 Å². The molecule has 2 heterocycles. The zero-order valence-corrected chi connectivity index (χ0v) is 12.7. The minimum absolute atomic E-state index is 0.0532. The fraction of sp³-hybridized carbons (Fsp3) is 0.308. The number of nitrogens with one attached hydrogen (secondary N) is 2. The average molecular weight is 324 g/mol. The zero-order chi connectivity index (χ0) is 15.9. The molecule has 0 saturated heterocycles. The van der Waals surface area contributed by atoms with Gasteiger partial charge in [0, 0.05) is 12.4 Å². The summed E-state index contributed by atoms with van der Waals surface area (Å²) in [6.45, 7) is 3.07. The van der Waals surface area contributed by atoms with Crippen LogP contribution < -0.4 is 16.6 Å². The summed E-state index contributed by atoms with van der Waals surface area (Å²) < 4.78 is 10.1. The minimum Gasteiger partial charge on any atom is -0.459 e. The van der Waals surface area contributed by atoms with Gasteiger partial charge in [-0.05, 0) is 19.1 Å². The van der Waals surface area contributed by atoms with Gasteiger partial charge in [-0.2, -0.15) is 0 Å². The fourth-order valence-corrected chi connectivity index (χ4v) is 2.31. The van der Waals surface area contributed by atoms with Gasteiger partial charge in [0.05, 0.1) is 12.9 Å². The van der Waals surface area contributed by atoms with Crippen LogP contribution >= 0.6 is 11.8 Å². The number of hydrogen-bond donors (Lipinski definition) is 3. The highest BCUT2D eigenvalue weighted by atomic mass is 32.2. The second kappa shape index (κ2) is 7.66. The van der Waals surface area contributed by atoms with Crippen molar-refractivity contribution in [3.63, 3.8) is 0 Å². The average Bonchev–Trinajstić information content (AvgIpc) is 3.01. The molecule has 0 saturated carbocycles. The van der Waals surface area contributed by atoms with Crippen molar-refractivity contribution in [1.29, 1.82) is 0 Å². The predicted octanol–water partition coefficient (Wildman–Crippen LogP) is 1.33. The number of furan rings is 1. The van der Waals surface area contributed by atoms with Crippen LogP contribution in [0.25, 0.3) is 0 Å². The van der Waals surface area contributed by atoms with Gasteiger partial charge in [-0.25, -0.2) is 4.98 Å². The number of thioether (sulfide) groups is 1. The van der Waals surface area contributed by atoms with Crippen LogP contribution in [0.5, 0.6) is 0 Å². The number of nitrogens with two attached hydrogens (primary N) is 1. The molecule has 118 valence electrons. The Hall–Kier alpha value is -2.26. The van der Waals surface area contributed by atoms with E-state index in [0.717, 1.165) is 0 Å². The van der Waals surface area contributed by atoms with E-state index < -0.39 is 11.5 Å². The van der Waals surface area contributed by atoms with Crippen molar-refractivity contribution in [3.05, 3.63) is 34.5 Å². The monoisotopic (exact) mass is 324 g/mol. The molecule has 8 nitrogen and oxygen atoms in total. The summed E-state index contributed by atoms with van der Waals surface area (Å²) in [7, 11) is 0. The number of anilines is 2. The number of carbonyl (C=O) groups excluding carboxylic acids is 1. The number of amides is 1. The highest BCUT2D eigenvalue weighted by molar-refractivity contribution is 7.99. The van der Waals surface area contributed by atoms with E-state index in [2.05, 4.69) is 15.3 Å². The molecule has 2 aromatic rings. The van der Waals surface area contributed by atoms with Crippen molar-refractivity contribution in [3.8, 4) is 0 Å². The standard InChI is InChI=1S/C13H16N4O4S/c1-2-20-6-7-22-13-16-10(14)9(12(19)17-13)15-11(18)8-4-3-5-21-8/h3-5H,2,6-7H2,1H3,(H,15,18)(H3,14,16,17,19). The number of carbonyl (C=O) groups is 1. The van der Waals surface area contributed by atoms with Crippen molar-refractivity contribution < 1.29 is 13.9 Å². The second-order valence-corrected chi connectivity index (χ2v) is 5.19. The number of aromatic nitrogens is 2. The molecule has 0 aliphatic rings. The molecule has 0 fully saturated rings. The maximum Gasteiger partial charge on any atom is 0.291 e. The molecule has 9 heteroatoms. The smallest absolute Gasteiger partial charge is 0.291 e. The SMILES string of the molecule is CCOCCSc1nc(N)c(NC(=O)c2ccco2)c(=O)[nH]1. The Morgan fingerprint density at radius 2 is 2.41 bits per heavy atom. The lowest BCUT2D eigenvalue weighted by Gasteiger charge is -2.07. The van der Waals surface area contributed by atoms with Crippen LogP contribution in [0.3, 0.4) is 0 Å². The minimum atomic E-state index is -0.569. The summed E-state index contributed by atoms with van der Waals surface area (Å²) in [5, 5.41) is 2.76. The van der Waals surface area contributed by atoms with Gasteiger partial charge in [0.15, 0.2) is 22.4 Å². The Bertz CT molecular complexity index is 684. The molecule has 1 amide bonds. The lowest BCUT2D eigenvalue weighted by atomic mass is 10.4. The Morgan fingerprint density at radius 3 is 3.05 bits per heavy atom. The van der Waals surface area contributed by atoms with Crippen LogP contribution in [0.2, 0.25) is 0 Å². The van der Waals surface area contributed by atoms with E-state index in [0.29, 0.717) is 24.1 Å². The third-order valence-corrected chi connectivity index (χ3v) is 3.42. The van der Waals surface area contributed by atoms with Crippen LogP contribution in [0.4, 0.5) is 11.5 Å². The number of H-pyrrole nitrogens is 1. The molecule has 22 heavy (non-hydrogen) atoms. The Balaban J connectivity index is 2.07. The zero-order valence-electron chi connectivity index (χ0n) is 11.9. The van der Waals surface area contributed by atoms with E-state index in [-0.39, 0.29) is 17.3 Å². The summed E-state index contributed by atoms with van der Waals surface area (Å²) in [5.41, 5.74) is 5.11. The fourth-order valence-electron chi connectivity index (χ4n) is 1.58. The molecular weight excluding hydrogens is 308 g/mol. The third-order valence-electron chi connectivity index (χ3n) is 2.58. The second-order valence-electron chi connectivity index (χ2n) is 4.11. The summed E-state index contributed by atoms with van der Waals surface area (Å²) in [5.74, 6) is 0.0891. The Labute approximate surface area is 130 Å². The molecule has 0 radical (unpaired) electrons. The van der Waals surface area contributed by atoms with Crippen LogP contribution in [0.1, 0.15) is 17.5 Å². The molecule has 0 bridgehead atoms. The molecular formula is C13H16N4O4S. The highest BCUT2D eigenvalue weighted by Crippen LogP contribution is 2.17. The van der Waals surface area contributed by atoms with Gasteiger partial charge in [0.1, 0.15) is 0 Å². The maximum atomic E-state index is 12.0. The van der Waals surface area contributed by atoms with E-state index in [1.54, 1.807) is 6.07 Å². The van der Waals surface area contributed by atoms with Gasteiger partial charge in [-0.15, -0.1) is 0 Å². The maximum absolute atomic E-state index is 12.0. The van der Waals surface area contributed by atoms with Gasteiger partial charge in [0.25, 0.3) is 11.5 Å². The van der Waals surface area contributed by atoms with E-state index in [1.807, 2.05) is 6.92 Å². The first-order chi connectivity index (χ1) is 10.6. The van der Waals surface area contributed by atoms with Crippen molar-refractivity contribution >= 4 is 29.2 Å². The van der Waals surface area contributed by atoms with Crippen LogP contribution in [-0.4, -0.2) is 34.8 Å². The van der Waals surface area contributed by atoms with Crippen LogP contribution in [0, 0.1) is 0 Å². The summed E-state index contributed by atoms with van der Waals surface area (Å²) in [6.07, 6.45) is 1.36. The molecule has 0 aliphatic heterocycles. The number of rotatable bonds is 7. The lowest BCUT2D eigenvalue weighted by Crippen LogP contribution is -2.22. The van der Waals surface area contributed by atoms with Crippen molar-refractivity contribution in [2.24, 2.45) is 0 Å². The molecule has 0 atom stereocenters. The number of ether oxygens (including phenoxy) is 1. The number of aromatic amines is 1. The van der Waals surface area contributed by atoms with E-state index >= 15 is 0 Å². The summed E-state index contributed by atoms with van der Waals surface area (Å²) in [6, 6.07) is 3.05. The summed E-state index contributed by atoms with van der Waals surface area (Å²) in [4.78, 5) is 30.4. The molecule has 0 spiro atoms. The number of nitrogens with zero attached hydrogens (tertiary/aromatic N) is 1. The molecule has 0 unspecified atom stereocenters. The quantitative estimate of drug-likeness (QED) is 0.399. The number of nitrogen functional groups attached to an aromatic ring is 1. The predicted molar refractivity (Wildman–Crippen MR) is 83.1 cm³/mol. The van der Waals surface area contributed by atoms with E-state index in [4.69, 9.17) is 14.9 Å². The largest absolute Gasteiger partial charge is 0.459 e. The molecule has 2 rings (SSSR count). The van der Waals surface area contributed by atoms with Crippen LogP contribution in [0.15, 0.2) is 32.8 Å². The van der Waals surface area contributed by atoms with Gasteiger partial charge in [-0.1, -0.05) is 11.8 Å². The third kappa shape index (κ3) is 4.12. The molecule has 0 aliphatic carbocycles. The van der Waals surface area contributed by atoms with Crippen molar-refractivity contribution in [2.75, 3.05) is 30.0 Å². The first-order valence-corrected chi connectivity index (χ1v) is 7.55. The van der Waals surface area contributed by atoms with Gasteiger partial charge >= 0.3 is 0 Å². The highest BCUT2D eigenvalue weighted by Gasteiger charge is 2.15. The lowest BCUT2D eigenvalue weighted by molar-refractivity contribution is 0.0996. The van der Waals surface area contributed by atoms with Gasteiger partial charge in [-0.3, -0.25) is 14.6 Å².